The number of hydrogen-bond acceptors (Lipinski definition) is 8. The molecular formula is C15H20N4O3S2. The number of nitrogens with zero attached hydrogens (tertiary/aromatic N) is 4. The van der Waals surface area contributed by atoms with Gasteiger partial charge in [0.25, 0.3) is 6.23 Å². The van der Waals surface area contributed by atoms with E-state index < -0.39 is 16.8 Å². The summed E-state index contributed by atoms with van der Waals surface area (Å²) >= 11 is 2.58. The summed E-state index contributed by atoms with van der Waals surface area (Å²) in [6.07, 6.45) is -0.842. The molecule has 130 valence electrons. The molecule has 2 aromatic heterocycles. The quantitative estimate of drug-likeness (QED) is 0.471. The lowest BCUT2D eigenvalue weighted by atomic mass is 9.98. The second kappa shape index (κ2) is 6.16. The molecule has 2 unspecified atom stereocenters. The van der Waals surface area contributed by atoms with Gasteiger partial charge in [0.1, 0.15) is 16.6 Å². The first kappa shape index (κ1) is 17.4. The van der Waals surface area contributed by atoms with Crippen LogP contribution in [0.5, 0.6) is 0 Å². The van der Waals surface area contributed by atoms with Gasteiger partial charge in [0.2, 0.25) is 0 Å². The number of hydroxylamine groups is 2. The van der Waals surface area contributed by atoms with Crippen LogP contribution < -0.4 is 4.65 Å². The summed E-state index contributed by atoms with van der Waals surface area (Å²) in [5.74, 6) is -0.468. The van der Waals surface area contributed by atoms with E-state index in [0.29, 0.717) is 16.6 Å². The molecule has 24 heavy (non-hydrogen) atoms. The number of likely N-dealkylation sites (N-methyl/N-ethyl adjacent to an activating group) is 1. The van der Waals surface area contributed by atoms with Crippen LogP contribution in [0, 0.1) is 5.21 Å². The maximum atomic E-state index is 13.4. The van der Waals surface area contributed by atoms with Crippen LogP contribution in [0.1, 0.15) is 35.5 Å². The lowest BCUT2D eigenvalue weighted by Crippen LogP contribution is -2.50. The van der Waals surface area contributed by atoms with Gasteiger partial charge in [0.05, 0.1) is 6.54 Å². The molecule has 0 amide bonds. The van der Waals surface area contributed by atoms with Gasteiger partial charge in [0, 0.05) is 5.41 Å². The van der Waals surface area contributed by atoms with Gasteiger partial charge in [0.15, 0.2) is 0 Å². The summed E-state index contributed by atoms with van der Waals surface area (Å²) < 4.78 is 4.72. The largest absolute Gasteiger partial charge is 0.622 e. The zero-order valence-electron chi connectivity index (χ0n) is 14.1. The highest BCUT2D eigenvalue weighted by molar-refractivity contribution is 7.15. The van der Waals surface area contributed by atoms with Crippen LogP contribution in [-0.2, 0) is 10.2 Å². The number of rotatable bonds is 3. The Kier molecular flexibility index (Phi) is 4.47. The molecule has 0 radical (unpaired) electrons. The molecule has 1 aliphatic rings. The SMILES string of the molecule is CN1CC(OC(=O)c2cccs2)[N+]([O-])(c2nnc(C(C)(C)C)s2)C1. The van der Waals surface area contributed by atoms with Crippen molar-refractivity contribution in [1.29, 1.82) is 0 Å². The smallest absolute Gasteiger partial charge is 0.352 e. The highest BCUT2D eigenvalue weighted by Gasteiger charge is 2.45. The number of hydrogen-bond donors (Lipinski definition) is 0. The summed E-state index contributed by atoms with van der Waals surface area (Å²) in [6.45, 7) is 6.62. The molecule has 0 N–H and O–H groups in total. The Morgan fingerprint density at radius 1 is 1.46 bits per heavy atom. The standard InChI is InChI=1S/C15H20N4O3S2/c1-15(2,3)13-16-17-14(24-13)19(21)9-18(4)8-11(19)22-12(20)10-6-5-7-23-10/h5-7,11H,8-9H2,1-4H3. The van der Waals surface area contributed by atoms with Crippen LogP contribution in [0.3, 0.4) is 0 Å². The molecule has 3 heterocycles. The van der Waals surface area contributed by atoms with E-state index in [9.17, 15) is 10.0 Å². The molecule has 0 spiro atoms. The van der Waals surface area contributed by atoms with E-state index in [2.05, 4.69) is 10.2 Å². The van der Waals surface area contributed by atoms with Crippen molar-refractivity contribution in [1.82, 2.24) is 19.7 Å². The number of thiophene rings is 1. The van der Waals surface area contributed by atoms with Gasteiger partial charge >= 0.3 is 11.1 Å². The predicted molar refractivity (Wildman–Crippen MR) is 94.8 cm³/mol. The molecule has 3 rings (SSSR count). The second-order valence-electron chi connectivity index (χ2n) is 6.95. The van der Waals surface area contributed by atoms with Gasteiger partial charge in [-0.05, 0) is 29.8 Å². The fraction of sp³-hybridized carbons (Fsp3) is 0.533. The fourth-order valence-corrected chi connectivity index (χ4v) is 4.04. The molecule has 0 bridgehead atoms. The maximum Gasteiger partial charge on any atom is 0.352 e. The number of quaternary nitrogens is 1. The Morgan fingerprint density at radius 3 is 2.79 bits per heavy atom. The molecule has 0 saturated carbocycles. The summed E-state index contributed by atoms with van der Waals surface area (Å²) in [7, 11) is 1.83. The van der Waals surface area contributed by atoms with Crippen molar-refractivity contribution >= 4 is 33.8 Å². The Morgan fingerprint density at radius 2 is 2.21 bits per heavy atom. The Balaban J connectivity index is 1.86. The number of ether oxygens (including phenoxy) is 1. The number of carbonyl (C=O) groups is 1. The highest BCUT2D eigenvalue weighted by Crippen LogP contribution is 2.37. The van der Waals surface area contributed by atoms with Crippen molar-refractivity contribution in [3.05, 3.63) is 32.6 Å². The molecule has 1 aliphatic heterocycles. The van der Waals surface area contributed by atoms with Crippen molar-refractivity contribution in [2.75, 3.05) is 20.3 Å². The van der Waals surface area contributed by atoms with E-state index in [1.807, 2.05) is 32.7 Å². The van der Waals surface area contributed by atoms with Crippen molar-refractivity contribution in [2.24, 2.45) is 0 Å². The Hall–Kier alpha value is -1.39. The summed E-state index contributed by atoms with van der Waals surface area (Å²) in [6, 6.07) is 3.47. The average Bonchev–Trinajstić information content (AvgIpc) is 3.19. The van der Waals surface area contributed by atoms with Gasteiger partial charge in [-0.15, -0.1) is 16.4 Å². The maximum absolute atomic E-state index is 13.4. The van der Waals surface area contributed by atoms with Gasteiger partial charge in [-0.1, -0.05) is 31.9 Å². The lowest BCUT2D eigenvalue weighted by molar-refractivity contribution is 0.00613. The Labute approximate surface area is 148 Å². The molecule has 9 heteroatoms. The normalized spacial score (nSPS) is 25.1. The molecule has 1 fully saturated rings. The molecular weight excluding hydrogens is 348 g/mol. The third-order valence-corrected chi connectivity index (χ3v) is 6.04. The van der Waals surface area contributed by atoms with Crippen LogP contribution in [0.4, 0.5) is 5.13 Å². The average molecular weight is 368 g/mol. The molecule has 0 aromatic carbocycles. The number of carbonyl (C=O) groups excluding carboxylic acids is 1. The van der Waals surface area contributed by atoms with Crippen molar-refractivity contribution in [2.45, 2.75) is 32.4 Å². The molecule has 2 aromatic rings. The molecule has 1 saturated heterocycles. The zero-order chi connectivity index (χ0) is 17.5. The van der Waals surface area contributed by atoms with E-state index >= 15 is 0 Å². The van der Waals surface area contributed by atoms with E-state index in [1.54, 1.807) is 17.5 Å². The number of aromatic nitrogens is 2. The van der Waals surface area contributed by atoms with Gasteiger partial charge in [-0.3, -0.25) is 4.65 Å². The zero-order valence-corrected chi connectivity index (χ0v) is 15.7. The van der Waals surface area contributed by atoms with E-state index in [-0.39, 0.29) is 12.1 Å². The first-order chi connectivity index (χ1) is 11.2. The minimum Gasteiger partial charge on any atom is -0.622 e. The van der Waals surface area contributed by atoms with Crippen LogP contribution in [0.2, 0.25) is 0 Å². The van der Waals surface area contributed by atoms with E-state index in [4.69, 9.17) is 4.74 Å². The number of esters is 1. The minimum atomic E-state index is -0.842. The summed E-state index contributed by atoms with van der Waals surface area (Å²) in [5, 5.41) is 24.6. The molecule has 7 nitrogen and oxygen atoms in total. The van der Waals surface area contributed by atoms with Gasteiger partial charge in [-0.25, -0.2) is 9.69 Å². The summed E-state index contributed by atoms with van der Waals surface area (Å²) in [5.41, 5.74) is -0.177. The van der Waals surface area contributed by atoms with Crippen LogP contribution in [0.15, 0.2) is 17.5 Å². The van der Waals surface area contributed by atoms with Crippen molar-refractivity contribution in [3.8, 4) is 0 Å². The monoisotopic (exact) mass is 368 g/mol. The highest BCUT2D eigenvalue weighted by atomic mass is 32.1. The predicted octanol–water partition coefficient (Wildman–Crippen LogP) is 2.79. The van der Waals surface area contributed by atoms with Gasteiger partial charge in [-0.2, -0.15) is 0 Å². The van der Waals surface area contributed by atoms with Crippen molar-refractivity contribution in [3.63, 3.8) is 0 Å². The molecule has 0 aliphatic carbocycles. The fourth-order valence-electron chi connectivity index (χ4n) is 2.46. The van der Waals surface area contributed by atoms with Crippen molar-refractivity contribution < 1.29 is 9.53 Å². The van der Waals surface area contributed by atoms with Crippen LogP contribution in [0.25, 0.3) is 0 Å². The lowest BCUT2D eigenvalue weighted by Gasteiger charge is -2.38. The van der Waals surface area contributed by atoms with Gasteiger partial charge < -0.3 is 9.94 Å². The van der Waals surface area contributed by atoms with Crippen LogP contribution >= 0.6 is 22.7 Å². The summed E-state index contributed by atoms with van der Waals surface area (Å²) in [4.78, 5) is 14.6. The van der Waals surface area contributed by atoms with E-state index in [0.717, 1.165) is 5.01 Å². The molecule has 2 atom stereocenters. The second-order valence-corrected chi connectivity index (χ2v) is 8.86. The topological polar surface area (TPSA) is 78.4 Å². The third-order valence-electron chi connectivity index (χ3n) is 3.73. The van der Waals surface area contributed by atoms with Crippen LogP contribution in [-0.4, -0.2) is 47.6 Å². The third kappa shape index (κ3) is 3.22. The Bertz CT molecular complexity index is 725. The van der Waals surface area contributed by atoms with E-state index in [1.165, 1.54) is 22.7 Å². The first-order valence-corrected chi connectivity index (χ1v) is 9.26. The minimum absolute atomic E-state index is 0.177. The first-order valence-electron chi connectivity index (χ1n) is 7.56.